The van der Waals surface area contributed by atoms with Crippen LogP contribution in [0, 0.1) is 0 Å². The monoisotopic (exact) mass is 361 g/mol. The van der Waals surface area contributed by atoms with Gasteiger partial charge in [0.2, 0.25) is 0 Å². The zero-order valence-electron chi connectivity index (χ0n) is 13.4. The van der Waals surface area contributed by atoms with E-state index in [1.165, 1.54) is 17.0 Å². The number of halogens is 3. The highest BCUT2D eigenvalue weighted by atomic mass is 19.4. The first-order valence-electron chi connectivity index (χ1n) is 7.59. The molecule has 0 saturated heterocycles. The van der Waals surface area contributed by atoms with Crippen LogP contribution in [0.2, 0.25) is 0 Å². The second-order valence-electron chi connectivity index (χ2n) is 5.64. The van der Waals surface area contributed by atoms with Crippen molar-refractivity contribution >= 4 is 23.2 Å². The molecule has 2 aromatic rings. The van der Waals surface area contributed by atoms with Gasteiger partial charge in [0.05, 0.1) is 11.3 Å². The standard InChI is InChI=1S/C18H14F3N3O2/c1-11-14-7-2-3-8-15(14)17(26)24(11)10-16(25)23-22-13-6-4-5-12(9-13)18(19,20)21/h2-9,22H,1,10H2,(H,23,25). The Morgan fingerprint density at radius 1 is 1.08 bits per heavy atom. The molecular formula is C18H14F3N3O2. The molecule has 134 valence electrons. The summed E-state index contributed by atoms with van der Waals surface area (Å²) in [6.07, 6.45) is -4.48. The van der Waals surface area contributed by atoms with Gasteiger partial charge in [-0.05, 0) is 24.3 Å². The number of hydrogen-bond acceptors (Lipinski definition) is 3. The number of nitrogens with one attached hydrogen (secondary N) is 2. The molecule has 1 aliphatic heterocycles. The lowest BCUT2D eigenvalue weighted by Crippen LogP contribution is -2.39. The van der Waals surface area contributed by atoms with Gasteiger partial charge in [-0.1, -0.05) is 30.8 Å². The summed E-state index contributed by atoms with van der Waals surface area (Å²) in [5, 5.41) is 0. The maximum absolute atomic E-state index is 12.7. The molecule has 0 saturated carbocycles. The molecule has 0 unspecified atom stereocenters. The van der Waals surface area contributed by atoms with E-state index in [4.69, 9.17) is 0 Å². The van der Waals surface area contributed by atoms with Gasteiger partial charge in [-0.3, -0.25) is 25.3 Å². The van der Waals surface area contributed by atoms with E-state index in [0.29, 0.717) is 16.8 Å². The lowest BCUT2D eigenvalue weighted by atomic mass is 10.1. The molecule has 2 amide bonds. The van der Waals surface area contributed by atoms with Crippen LogP contribution in [0.4, 0.5) is 18.9 Å². The fourth-order valence-corrected chi connectivity index (χ4v) is 2.60. The van der Waals surface area contributed by atoms with Crippen molar-refractivity contribution in [3.8, 4) is 0 Å². The molecule has 26 heavy (non-hydrogen) atoms. The van der Waals surface area contributed by atoms with Crippen LogP contribution in [0.25, 0.3) is 5.70 Å². The Kier molecular flexibility index (Phi) is 4.41. The molecule has 2 aromatic carbocycles. The van der Waals surface area contributed by atoms with Crippen LogP contribution < -0.4 is 10.9 Å². The van der Waals surface area contributed by atoms with Crippen LogP contribution in [-0.2, 0) is 11.0 Å². The summed E-state index contributed by atoms with van der Waals surface area (Å²) >= 11 is 0. The largest absolute Gasteiger partial charge is 0.416 e. The Bertz CT molecular complexity index is 858. The minimum absolute atomic E-state index is 0.0723. The molecule has 0 bridgehead atoms. The molecule has 0 spiro atoms. The van der Waals surface area contributed by atoms with E-state index in [0.717, 1.165) is 12.1 Å². The van der Waals surface area contributed by atoms with E-state index in [9.17, 15) is 22.8 Å². The zero-order valence-corrected chi connectivity index (χ0v) is 13.4. The normalized spacial score (nSPS) is 13.6. The van der Waals surface area contributed by atoms with Crippen LogP contribution in [0.3, 0.4) is 0 Å². The number of anilines is 1. The Balaban J connectivity index is 1.62. The maximum atomic E-state index is 12.7. The van der Waals surface area contributed by atoms with E-state index < -0.39 is 17.6 Å². The molecule has 1 aliphatic rings. The Labute approximate surface area is 147 Å². The maximum Gasteiger partial charge on any atom is 0.416 e. The fourth-order valence-electron chi connectivity index (χ4n) is 2.60. The Hall–Kier alpha value is -3.29. The van der Waals surface area contributed by atoms with Gasteiger partial charge < -0.3 is 0 Å². The van der Waals surface area contributed by atoms with Crippen LogP contribution in [0.15, 0.2) is 55.1 Å². The number of alkyl halides is 3. The Morgan fingerprint density at radius 3 is 2.42 bits per heavy atom. The number of carbonyl (C=O) groups excluding carboxylic acids is 2. The lowest BCUT2D eigenvalue weighted by Gasteiger charge is -2.17. The summed E-state index contributed by atoms with van der Waals surface area (Å²) < 4.78 is 38.1. The van der Waals surface area contributed by atoms with Crippen molar-refractivity contribution in [2.45, 2.75) is 6.18 Å². The van der Waals surface area contributed by atoms with Crippen molar-refractivity contribution in [2.24, 2.45) is 0 Å². The molecule has 1 heterocycles. The second kappa shape index (κ2) is 6.55. The van der Waals surface area contributed by atoms with Gasteiger partial charge in [0, 0.05) is 16.8 Å². The molecule has 3 rings (SSSR count). The molecule has 0 aliphatic carbocycles. The number of carbonyl (C=O) groups is 2. The number of fused-ring (bicyclic) bond motifs is 1. The molecule has 8 heteroatoms. The summed E-state index contributed by atoms with van der Waals surface area (Å²) in [5.41, 5.74) is 5.44. The molecule has 0 fully saturated rings. The van der Waals surface area contributed by atoms with Crippen LogP contribution in [0.1, 0.15) is 21.5 Å². The molecule has 0 aromatic heterocycles. The van der Waals surface area contributed by atoms with E-state index in [2.05, 4.69) is 17.4 Å². The van der Waals surface area contributed by atoms with Crippen molar-refractivity contribution in [3.63, 3.8) is 0 Å². The highest BCUT2D eigenvalue weighted by molar-refractivity contribution is 6.10. The van der Waals surface area contributed by atoms with E-state index in [1.54, 1.807) is 24.3 Å². The minimum Gasteiger partial charge on any atom is -0.299 e. The number of amides is 2. The lowest BCUT2D eigenvalue weighted by molar-refractivity contribution is -0.137. The van der Waals surface area contributed by atoms with E-state index in [1.807, 2.05) is 0 Å². The molecule has 0 radical (unpaired) electrons. The fraction of sp³-hybridized carbons (Fsp3) is 0.111. The second-order valence-corrected chi connectivity index (χ2v) is 5.64. The van der Waals surface area contributed by atoms with Gasteiger partial charge in [0.1, 0.15) is 6.54 Å². The van der Waals surface area contributed by atoms with Crippen molar-refractivity contribution < 1.29 is 22.8 Å². The molecule has 5 nitrogen and oxygen atoms in total. The van der Waals surface area contributed by atoms with E-state index >= 15 is 0 Å². The topological polar surface area (TPSA) is 61.4 Å². The summed E-state index contributed by atoms with van der Waals surface area (Å²) in [7, 11) is 0. The molecule has 2 N–H and O–H groups in total. The third-order valence-electron chi connectivity index (χ3n) is 3.88. The summed E-state index contributed by atoms with van der Waals surface area (Å²) in [4.78, 5) is 25.6. The predicted octanol–water partition coefficient (Wildman–Crippen LogP) is 3.28. The van der Waals surface area contributed by atoms with Crippen molar-refractivity contribution in [1.82, 2.24) is 10.3 Å². The van der Waals surface area contributed by atoms with Gasteiger partial charge in [-0.25, -0.2) is 0 Å². The van der Waals surface area contributed by atoms with E-state index in [-0.39, 0.29) is 18.1 Å². The number of benzene rings is 2. The molecule has 0 atom stereocenters. The minimum atomic E-state index is -4.48. The third-order valence-corrected chi connectivity index (χ3v) is 3.88. The molecular weight excluding hydrogens is 347 g/mol. The van der Waals surface area contributed by atoms with Gasteiger partial charge in [0.15, 0.2) is 0 Å². The van der Waals surface area contributed by atoms with Crippen LogP contribution in [0.5, 0.6) is 0 Å². The Morgan fingerprint density at radius 2 is 1.77 bits per heavy atom. The number of hydrogen-bond donors (Lipinski definition) is 2. The first-order chi connectivity index (χ1) is 12.3. The third kappa shape index (κ3) is 3.39. The summed E-state index contributed by atoms with van der Waals surface area (Å²) in [6, 6.07) is 11.2. The van der Waals surface area contributed by atoms with Gasteiger partial charge >= 0.3 is 6.18 Å². The first kappa shape index (κ1) is 17.5. The highest BCUT2D eigenvalue weighted by Gasteiger charge is 2.32. The van der Waals surface area contributed by atoms with Gasteiger partial charge in [0.25, 0.3) is 11.8 Å². The van der Waals surface area contributed by atoms with Crippen molar-refractivity contribution in [3.05, 3.63) is 71.8 Å². The number of nitrogens with zero attached hydrogens (tertiary/aromatic N) is 1. The quantitative estimate of drug-likeness (QED) is 0.822. The highest BCUT2D eigenvalue weighted by Crippen LogP contribution is 2.31. The summed E-state index contributed by atoms with van der Waals surface area (Å²) in [5.74, 6) is -0.940. The van der Waals surface area contributed by atoms with Crippen molar-refractivity contribution in [2.75, 3.05) is 12.0 Å². The van der Waals surface area contributed by atoms with Crippen LogP contribution >= 0.6 is 0 Å². The first-order valence-corrected chi connectivity index (χ1v) is 7.59. The average molecular weight is 361 g/mol. The predicted molar refractivity (Wildman–Crippen MR) is 89.7 cm³/mol. The van der Waals surface area contributed by atoms with Crippen LogP contribution in [-0.4, -0.2) is 23.3 Å². The average Bonchev–Trinajstić information content (AvgIpc) is 2.85. The SMILES string of the molecule is C=C1c2ccccc2C(=O)N1CC(=O)NNc1cccc(C(F)(F)F)c1. The van der Waals surface area contributed by atoms with Crippen molar-refractivity contribution in [1.29, 1.82) is 0 Å². The number of hydrazine groups is 1. The zero-order chi connectivity index (χ0) is 18.9. The smallest absolute Gasteiger partial charge is 0.299 e. The summed E-state index contributed by atoms with van der Waals surface area (Å²) in [6.45, 7) is 3.51. The number of rotatable bonds is 4. The van der Waals surface area contributed by atoms with Gasteiger partial charge in [-0.15, -0.1) is 0 Å². The van der Waals surface area contributed by atoms with Gasteiger partial charge in [-0.2, -0.15) is 13.2 Å².